The molecule has 0 aliphatic carbocycles. The first-order valence-corrected chi connectivity index (χ1v) is 9.14. The molecule has 1 fully saturated rings. The van der Waals surface area contributed by atoms with E-state index in [1.54, 1.807) is 0 Å². The summed E-state index contributed by atoms with van der Waals surface area (Å²) in [6, 6.07) is 7.38. The summed E-state index contributed by atoms with van der Waals surface area (Å²) < 4.78 is 10.8. The van der Waals surface area contributed by atoms with Crippen LogP contribution in [0.5, 0.6) is 5.75 Å². The van der Waals surface area contributed by atoms with Gasteiger partial charge in [0.2, 0.25) is 6.41 Å². The number of hydrogen-bond acceptors (Lipinski definition) is 5. The van der Waals surface area contributed by atoms with Gasteiger partial charge in [-0.1, -0.05) is 16.8 Å². The molecule has 1 aliphatic heterocycles. The number of carbonyl (C=O) groups is 1. The summed E-state index contributed by atoms with van der Waals surface area (Å²) in [4.78, 5) is 15.9. The summed E-state index contributed by atoms with van der Waals surface area (Å²) in [6.07, 6.45) is 2.07. The van der Waals surface area contributed by atoms with Crippen molar-refractivity contribution >= 4 is 28.9 Å². The van der Waals surface area contributed by atoms with Crippen molar-refractivity contribution in [3.8, 4) is 5.75 Å². The maximum absolute atomic E-state index is 10.3. The maximum atomic E-state index is 10.3. The number of rotatable bonds is 6. The largest absolute Gasteiger partial charge is 0.484 e. The van der Waals surface area contributed by atoms with Gasteiger partial charge >= 0.3 is 0 Å². The monoisotopic (exact) mass is 390 g/mol. The van der Waals surface area contributed by atoms with E-state index in [0.29, 0.717) is 29.5 Å². The van der Waals surface area contributed by atoms with Crippen molar-refractivity contribution in [2.75, 3.05) is 20.1 Å². The summed E-state index contributed by atoms with van der Waals surface area (Å²) in [5, 5.41) is 7.88. The molecule has 3 aromatic rings. The molecule has 7 nitrogen and oxygen atoms in total. The van der Waals surface area contributed by atoms with Gasteiger partial charge in [0, 0.05) is 28.7 Å². The normalized spacial score (nSPS) is 13.6. The molecule has 0 atom stereocenters. The fourth-order valence-electron chi connectivity index (χ4n) is 2.66. The topological polar surface area (TPSA) is 83.4 Å². The molecule has 0 radical (unpaired) electrons. The minimum Gasteiger partial charge on any atom is -0.484 e. The molecule has 0 bridgehead atoms. The van der Waals surface area contributed by atoms with E-state index in [2.05, 4.69) is 27.4 Å². The fourth-order valence-corrected chi connectivity index (χ4v) is 2.88. The van der Waals surface area contributed by atoms with Gasteiger partial charge < -0.3 is 24.5 Å². The Hall–Kier alpha value is -2.51. The molecule has 2 N–H and O–H groups in total. The van der Waals surface area contributed by atoms with E-state index in [1.165, 1.54) is 19.5 Å². The van der Waals surface area contributed by atoms with Crippen molar-refractivity contribution in [2.24, 2.45) is 0 Å². The molecule has 3 heterocycles. The van der Waals surface area contributed by atoms with Gasteiger partial charge in [-0.3, -0.25) is 4.79 Å². The molecule has 8 heteroatoms. The van der Waals surface area contributed by atoms with Gasteiger partial charge in [-0.05, 0) is 45.6 Å². The van der Waals surface area contributed by atoms with Crippen LogP contribution in [0.4, 0.5) is 0 Å². The van der Waals surface area contributed by atoms with Gasteiger partial charge in [-0.25, -0.2) is 0 Å². The van der Waals surface area contributed by atoms with Crippen molar-refractivity contribution in [3.05, 3.63) is 46.4 Å². The highest BCUT2D eigenvalue weighted by atomic mass is 35.5. The van der Waals surface area contributed by atoms with E-state index >= 15 is 0 Å². The lowest BCUT2D eigenvalue weighted by Crippen LogP contribution is -2.32. The van der Waals surface area contributed by atoms with Crippen molar-refractivity contribution in [1.82, 2.24) is 20.4 Å². The van der Waals surface area contributed by atoms with Crippen LogP contribution in [0, 0.1) is 6.92 Å². The molecule has 1 saturated heterocycles. The molecule has 1 aromatic carbocycles. The number of nitrogens with one attached hydrogen (secondary N) is 2. The molecule has 2 aromatic heterocycles. The number of amides is 1. The number of carbonyl (C=O) groups excluding carboxylic acids is 1. The highest BCUT2D eigenvalue weighted by molar-refractivity contribution is 6.32. The molecule has 1 amide bonds. The number of hydrogen-bond donors (Lipinski definition) is 2. The second kappa shape index (κ2) is 8.92. The minimum absolute atomic E-state index is 0.256. The number of ether oxygens (including phenoxy) is 1. The molecular weight excluding hydrogens is 368 g/mol. The molecular formula is C19H23ClN4O3. The SMILES string of the molecule is CN1CCC1.Cc1cc(COc2cc3[nH]c(CNC=O)cc3cc2Cl)on1. The van der Waals surface area contributed by atoms with Crippen LogP contribution in [0.2, 0.25) is 5.02 Å². The lowest BCUT2D eigenvalue weighted by molar-refractivity contribution is -0.109. The number of nitrogens with zero attached hydrogens (tertiary/aromatic N) is 2. The van der Waals surface area contributed by atoms with Gasteiger partial charge in [0.05, 0.1) is 17.3 Å². The summed E-state index contributed by atoms with van der Waals surface area (Å²) in [7, 11) is 2.14. The Bertz CT molecular complexity index is 902. The third-order valence-electron chi connectivity index (χ3n) is 4.23. The average Bonchev–Trinajstić information content (AvgIpc) is 3.21. The Kier molecular flexibility index (Phi) is 6.36. The zero-order valence-electron chi connectivity index (χ0n) is 15.4. The summed E-state index contributed by atoms with van der Waals surface area (Å²) in [5.74, 6) is 1.19. The number of halogens is 1. The van der Waals surface area contributed by atoms with Crippen molar-refractivity contribution < 1.29 is 14.1 Å². The molecule has 27 heavy (non-hydrogen) atoms. The van der Waals surface area contributed by atoms with Crippen molar-refractivity contribution in [1.29, 1.82) is 0 Å². The van der Waals surface area contributed by atoms with E-state index in [-0.39, 0.29) is 6.61 Å². The fraction of sp³-hybridized carbons (Fsp3) is 0.368. The summed E-state index contributed by atoms with van der Waals surface area (Å²) in [6.45, 7) is 5.18. The standard InChI is InChI=1S/C15H14ClN3O3.C4H9N/c1-9-2-12(22-19-9)7-21-15-5-14-10(4-13(15)16)3-11(18-14)6-17-8-20;1-5-3-2-4-5/h2-5,8,18H,6-7H2,1H3,(H,17,20);2-4H2,1H3. The number of aromatic amines is 1. The van der Waals surface area contributed by atoms with E-state index in [9.17, 15) is 4.79 Å². The number of aryl methyl sites for hydroxylation is 1. The Morgan fingerprint density at radius 3 is 2.74 bits per heavy atom. The molecule has 144 valence electrons. The van der Waals surface area contributed by atoms with Crippen LogP contribution in [0.1, 0.15) is 23.6 Å². The van der Waals surface area contributed by atoms with E-state index in [1.807, 2.05) is 31.2 Å². The predicted octanol–water partition coefficient (Wildman–Crippen LogP) is 3.26. The van der Waals surface area contributed by atoms with Crippen LogP contribution in [0.15, 0.2) is 28.8 Å². The van der Waals surface area contributed by atoms with E-state index in [0.717, 1.165) is 22.3 Å². The Morgan fingerprint density at radius 1 is 1.37 bits per heavy atom. The third kappa shape index (κ3) is 5.24. The van der Waals surface area contributed by atoms with E-state index < -0.39 is 0 Å². The van der Waals surface area contributed by atoms with Crippen LogP contribution in [-0.2, 0) is 17.9 Å². The predicted molar refractivity (Wildman–Crippen MR) is 104 cm³/mol. The second-order valence-electron chi connectivity index (χ2n) is 6.54. The molecule has 0 spiro atoms. The molecule has 1 aliphatic rings. The third-order valence-corrected chi connectivity index (χ3v) is 4.53. The molecule has 0 saturated carbocycles. The zero-order valence-corrected chi connectivity index (χ0v) is 16.2. The van der Waals surface area contributed by atoms with Gasteiger partial charge in [0.1, 0.15) is 12.4 Å². The molecule has 0 unspecified atom stereocenters. The Morgan fingerprint density at radius 2 is 2.15 bits per heavy atom. The highest BCUT2D eigenvalue weighted by Crippen LogP contribution is 2.31. The number of likely N-dealkylation sites (tertiary alicyclic amines) is 1. The first-order chi connectivity index (χ1) is 13.0. The lowest BCUT2D eigenvalue weighted by atomic mass is 10.2. The van der Waals surface area contributed by atoms with Crippen molar-refractivity contribution in [2.45, 2.75) is 26.5 Å². The average molecular weight is 391 g/mol. The van der Waals surface area contributed by atoms with E-state index in [4.69, 9.17) is 20.9 Å². The maximum Gasteiger partial charge on any atom is 0.207 e. The summed E-state index contributed by atoms with van der Waals surface area (Å²) >= 11 is 6.23. The minimum atomic E-state index is 0.256. The van der Waals surface area contributed by atoms with Crippen LogP contribution in [0.25, 0.3) is 10.9 Å². The number of fused-ring (bicyclic) bond motifs is 1. The summed E-state index contributed by atoms with van der Waals surface area (Å²) in [5.41, 5.74) is 2.58. The highest BCUT2D eigenvalue weighted by Gasteiger charge is 2.09. The van der Waals surface area contributed by atoms with Gasteiger partial charge in [0.15, 0.2) is 5.76 Å². The zero-order chi connectivity index (χ0) is 19.2. The number of benzene rings is 1. The first-order valence-electron chi connectivity index (χ1n) is 8.77. The van der Waals surface area contributed by atoms with Gasteiger partial charge in [-0.2, -0.15) is 0 Å². The van der Waals surface area contributed by atoms with Gasteiger partial charge in [-0.15, -0.1) is 0 Å². The number of aromatic nitrogens is 2. The van der Waals surface area contributed by atoms with Crippen LogP contribution >= 0.6 is 11.6 Å². The Balaban J connectivity index is 0.000000364. The van der Waals surface area contributed by atoms with Crippen LogP contribution < -0.4 is 10.1 Å². The quantitative estimate of drug-likeness (QED) is 0.631. The van der Waals surface area contributed by atoms with Crippen LogP contribution in [-0.4, -0.2) is 41.6 Å². The first kappa shape index (κ1) is 19.3. The Labute approximate surface area is 162 Å². The smallest absolute Gasteiger partial charge is 0.207 e. The van der Waals surface area contributed by atoms with Crippen LogP contribution in [0.3, 0.4) is 0 Å². The van der Waals surface area contributed by atoms with Gasteiger partial charge in [0.25, 0.3) is 0 Å². The number of H-pyrrole nitrogens is 1. The molecule has 4 rings (SSSR count). The second-order valence-corrected chi connectivity index (χ2v) is 6.95. The lowest BCUT2D eigenvalue weighted by Gasteiger charge is -2.24. The van der Waals surface area contributed by atoms with Crippen molar-refractivity contribution in [3.63, 3.8) is 0 Å².